The van der Waals surface area contributed by atoms with Crippen molar-refractivity contribution in [2.75, 3.05) is 20.7 Å². The summed E-state index contributed by atoms with van der Waals surface area (Å²) >= 11 is -11.2. The van der Waals surface area contributed by atoms with Crippen LogP contribution in [-0.2, 0) is 6.54 Å². The van der Waals surface area contributed by atoms with Gasteiger partial charge in [0.15, 0.2) is 0 Å². The third-order valence-corrected chi connectivity index (χ3v) is 7.22. The van der Waals surface area contributed by atoms with Gasteiger partial charge in [-0.1, -0.05) is 121 Å². The Morgan fingerprint density at radius 1 is 0.548 bits per heavy atom. The van der Waals surface area contributed by atoms with Crippen LogP contribution in [0.2, 0.25) is 0 Å². The van der Waals surface area contributed by atoms with E-state index in [4.69, 9.17) is 4.74 Å². The molecular weight excluding hydrogens is 662 g/mol. The van der Waals surface area contributed by atoms with Gasteiger partial charge in [0.05, 0.1) is 20.7 Å². The number of rotatable bonds is 21. The molecule has 0 atom stereocenters. The van der Waals surface area contributed by atoms with Crippen molar-refractivity contribution >= 4 is 25.2 Å². The second-order valence-electron chi connectivity index (χ2n) is 11.9. The molecule has 2 nitrogen and oxygen atoms in total. The van der Waals surface area contributed by atoms with Crippen molar-refractivity contribution in [2.45, 2.75) is 116 Å². The Kier molecular flexibility index (Phi) is 16.9. The predicted molar refractivity (Wildman–Crippen MR) is 168 cm³/mol. The number of unbranched alkanes of at least 4 members (excludes halogenated alkanes) is 15. The van der Waals surface area contributed by atoms with Gasteiger partial charge >= 0.3 is 36.4 Å². The van der Waals surface area contributed by atoms with Gasteiger partial charge in [-0.3, -0.25) is 4.48 Å². The molecule has 0 bridgehead atoms. The number of benzene rings is 2. The van der Waals surface area contributed by atoms with E-state index in [2.05, 4.69) is 75.6 Å². The monoisotopic (exact) mass is 715 g/mol. The van der Waals surface area contributed by atoms with Crippen LogP contribution in [0, 0.1) is 0 Å². The molecule has 0 radical (unpaired) electrons. The number of halogens is 6. The summed E-state index contributed by atoms with van der Waals surface area (Å²) in [6, 6.07) is 19.4. The maximum absolute atomic E-state index is 11.2. The molecule has 2 rings (SSSR count). The normalized spacial score (nSPS) is 13.5. The van der Waals surface area contributed by atoms with Gasteiger partial charge in [0.1, 0.15) is 18.0 Å². The molecular formula is C33H54F6NOSb. The Bertz CT molecular complexity index is 939. The summed E-state index contributed by atoms with van der Waals surface area (Å²) in [7, 11) is 4.52. The molecule has 0 unspecified atom stereocenters. The molecule has 9 heteroatoms. The molecule has 0 heterocycles. The summed E-state index contributed by atoms with van der Waals surface area (Å²) in [4.78, 5) is 0. The molecule has 2 aromatic rings. The third-order valence-electron chi connectivity index (χ3n) is 7.22. The molecule has 0 fully saturated rings. The van der Waals surface area contributed by atoms with E-state index >= 15 is 0 Å². The first-order valence-corrected chi connectivity index (χ1v) is 21.5. The van der Waals surface area contributed by atoms with E-state index in [1.807, 2.05) is 0 Å². The zero-order chi connectivity index (χ0) is 31.4. The van der Waals surface area contributed by atoms with Crippen LogP contribution in [0.15, 0.2) is 54.6 Å². The number of hydrogen-bond acceptors (Lipinski definition) is 1. The fourth-order valence-electron chi connectivity index (χ4n) is 4.91. The van der Waals surface area contributed by atoms with Crippen LogP contribution in [0.1, 0.15) is 115 Å². The Morgan fingerprint density at radius 2 is 0.929 bits per heavy atom. The average molecular weight is 717 g/mol. The van der Waals surface area contributed by atoms with Gasteiger partial charge in [-0.15, -0.1) is 0 Å². The van der Waals surface area contributed by atoms with Crippen LogP contribution < -0.4 is 9.22 Å². The molecule has 2 aromatic carbocycles. The number of hydrogen-bond donors (Lipinski definition) is 0. The van der Waals surface area contributed by atoms with Gasteiger partial charge < -0.3 is 4.74 Å². The summed E-state index contributed by atoms with van der Waals surface area (Å²) < 4.78 is 66.4. The molecule has 0 aliphatic rings. The van der Waals surface area contributed by atoms with E-state index in [1.165, 1.54) is 108 Å². The summed E-state index contributed by atoms with van der Waals surface area (Å²) in [5.41, 5.74) is 2.67. The Morgan fingerprint density at radius 3 is 1.33 bits per heavy atom. The van der Waals surface area contributed by atoms with Crippen LogP contribution >= 0.6 is 0 Å². The minimum atomic E-state index is -11.2. The van der Waals surface area contributed by atoms with E-state index in [9.17, 15) is 16.9 Å². The molecule has 42 heavy (non-hydrogen) atoms. The van der Waals surface area contributed by atoms with Crippen molar-refractivity contribution in [1.29, 1.82) is 0 Å². The van der Waals surface area contributed by atoms with Gasteiger partial charge in [-0.05, 0) is 42.8 Å². The Labute approximate surface area is 253 Å². The molecule has 0 aliphatic heterocycles. The SMILES string of the molecule is CCCCCCCCCCCCCCCCCCOc1ccc(C[N+](C)(C)c2ccccc2)cc1.[F][Sb-]([F])([F])([F])([F])[F]. The van der Waals surface area contributed by atoms with Gasteiger partial charge in [0.2, 0.25) is 0 Å². The Balaban J connectivity index is 0.00000112. The molecule has 0 amide bonds. The van der Waals surface area contributed by atoms with E-state index in [0.29, 0.717) is 0 Å². The zero-order valence-corrected chi connectivity index (χ0v) is 28.5. The van der Waals surface area contributed by atoms with Crippen molar-refractivity contribution < 1.29 is 21.6 Å². The third kappa shape index (κ3) is 25.1. The molecule has 0 saturated heterocycles. The van der Waals surface area contributed by atoms with Crippen LogP contribution in [0.25, 0.3) is 0 Å². The molecule has 244 valence electrons. The number of quaternary nitrogens is 1. The fraction of sp³-hybridized carbons (Fsp3) is 0.636. The number of para-hydroxylation sites is 1. The van der Waals surface area contributed by atoms with Crippen molar-refractivity contribution in [3.8, 4) is 5.75 Å². The predicted octanol–water partition coefficient (Wildman–Crippen LogP) is 12.2. The van der Waals surface area contributed by atoms with Crippen LogP contribution in [0.3, 0.4) is 0 Å². The van der Waals surface area contributed by atoms with Gasteiger partial charge in [-0.2, -0.15) is 0 Å². The number of ether oxygens (including phenoxy) is 1. The molecule has 0 aromatic heterocycles. The van der Waals surface area contributed by atoms with Gasteiger partial charge in [-0.25, -0.2) is 0 Å². The summed E-state index contributed by atoms with van der Waals surface area (Å²) in [6.07, 6.45) is 22.5. The number of nitrogens with zero attached hydrogens (tertiary/aromatic N) is 1. The quantitative estimate of drug-likeness (QED) is 0.0541. The minimum absolute atomic E-state index is 0.837. The molecule has 0 N–H and O–H groups in total. The first-order valence-electron chi connectivity index (χ1n) is 15.7. The fourth-order valence-corrected chi connectivity index (χ4v) is 4.91. The van der Waals surface area contributed by atoms with Crippen molar-refractivity contribution in [3.63, 3.8) is 0 Å². The van der Waals surface area contributed by atoms with Gasteiger partial charge in [0, 0.05) is 5.56 Å². The summed E-state index contributed by atoms with van der Waals surface area (Å²) in [5, 5.41) is 0. The van der Waals surface area contributed by atoms with Crippen molar-refractivity contribution in [2.24, 2.45) is 0 Å². The molecule has 0 aliphatic carbocycles. The first-order chi connectivity index (χ1) is 19.6. The molecule has 0 saturated carbocycles. The van der Waals surface area contributed by atoms with Crippen molar-refractivity contribution in [1.82, 2.24) is 4.48 Å². The maximum atomic E-state index is 9.93. The van der Waals surface area contributed by atoms with Crippen LogP contribution in [0.4, 0.5) is 22.6 Å². The topological polar surface area (TPSA) is 9.23 Å². The average Bonchev–Trinajstić information content (AvgIpc) is 2.90. The standard InChI is InChI=1S/C33H54NO.6FH.Sb/c1-4-5-6-7-8-9-10-11-12-13-14-15-16-17-18-22-29-35-33-27-25-31(26-28-33)30-34(2,3)32-23-20-19-21-24-32;;;;;;;/h19-21,23-28H,4-18,22,29-30H2,1-3H3;6*1H;/q+1;;;;;;;+5/p-6. The van der Waals surface area contributed by atoms with E-state index in [1.54, 1.807) is 0 Å². The molecule has 0 spiro atoms. The van der Waals surface area contributed by atoms with E-state index in [0.717, 1.165) is 29.8 Å². The zero-order valence-electron chi connectivity index (χ0n) is 26.0. The summed E-state index contributed by atoms with van der Waals surface area (Å²) in [5.74, 6) is 1.000. The Hall–Kier alpha value is -1.40. The second kappa shape index (κ2) is 18.4. The van der Waals surface area contributed by atoms with E-state index in [-0.39, 0.29) is 0 Å². The van der Waals surface area contributed by atoms with Crippen molar-refractivity contribution in [3.05, 3.63) is 60.2 Å². The second-order valence-corrected chi connectivity index (χ2v) is 17.4. The van der Waals surface area contributed by atoms with Crippen LogP contribution in [0.5, 0.6) is 5.75 Å². The van der Waals surface area contributed by atoms with Crippen LogP contribution in [-0.4, -0.2) is 40.2 Å². The van der Waals surface area contributed by atoms with Gasteiger partial charge in [0.25, 0.3) is 0 Å². The first kappa shape index (κ1) is 38.6. The summed E-state index contributed by atoms with van der Waals surface area (Å²) in [6.45, 7) is 4.11. The van der Waals surface area contributed by atoms with E-state index < -0.39 is 19.5 Å².